The topological polar surface area (TPSA) is 55.5 Å². The molecule has 0 spiro atoms. The Morgan fingerprint density at radius 2 is 1.94 bits per heavy atom. The molecule has 17 heavy (non-hydrogen) atoms. The number of aliphatic hydroxyl groups excluding tert-OH is 1. The molecule has 1 aromatic rings. The number of hydrogen-bond donors (Lipinski definition) is 2. The number of rotatable bonds is 5. The quantitative estimate of drug-likeness (QED) is 0.831. The molecule has 3 atom stereocenters. The Balaban J connectivity index is 2.82. The summed E-state index contributed by atoms with van der Waals surface area (Å²) < 4.78 is 31.3. The molecule has 3 unspecified atom stereocenters. The van der Waals surface area contributed by atoms with Crippen molar-refractivity contribution >= 4 is 0 Å². The lowest BCUT2D eigenvalue weighted by atomic mass is 10.1. The van der Waals surface area contributed by atoms with Crippen LogP contribution in [-0.4, -0.2) is 23.9 Å². The van der Waals surface area contributed by atoms with Crippen molar-refractivity contribution in [1.82, 2.24) is 0 Å². The lowest BCUT2D eigenvalue weighted by Crippen LogP contribution is -2.28. The van der Waals surface area contributed by atoms with Gasteiger partial charge < -0.3 is 15.6 Å². The van der Waals surface area contributed by atoms with E-state index in [1.54, 1.807) is 13.8 Å². The van der Waals surface area contributed by atoms with Gasteiger partial charge in [0.15, 0.2) is 11.6 Å². The van der Waals surface area contributed by atoms with Crippen molar-refractivity contribution in [2.24, 2.45) is 5.73 Å². The van der Waals surface area contributed by atoms with Crippen molar-refractivity contribution in [3.05, 3.63) is 35.4 Å². The van der Waals surface area contributed by atoms with Crippen LogP contribution in [0.5, 0.6) is 0 Å². The second-order valence-electron chi connectivity index (χ2n) is 3.98. The molecule has 0 radical (unpaired) electrons. The van der Waals surface area contributed by atoms with Gasteiger partial charge in [-0.05, 0) is 31.5 Å². The van der Waals surface area contributed by atoms with Crippen molar-refractivity contribution < 1.29 is 18.6 Å². The summed E-state index contributed by atoms with van der Waals surface area (Å²) >= 11 is 0. The van der Waals surface area contributed by atoms with E-state index >= 15 is 0 Å². The fourth-order valence-electron chi connectivity index (χ4n) is 1.36. The summed E-state index contributed by atoms with van der Waals surface area (Å²) in [7, 11) is 0. The van der Waals surface area contributed by atoms with Crippen LogP contribution in [-0.2, 0) is 4.74 Å². The summed E-state index contributed by atoms with van der Waals surface area (Å²) in [6.07, 6.45) is -1.65. The summed E-state index contributed by atoms with van der Waals surface area (Å²) in [6.45, 7) is 3.40. The normalized spacial score (nSPS) is 16.6. The molecule has 96 valence electrons. The molecule has 3 nitrogen and oxygen atoms in total. The van der Waals surface area contributed by atoms with Crippen LogP contribution in [0.4, 0.5) is 8.78 Å². The zero-order chi connectivity index (χ0) is 13.0. The zero-order valence-electron chi connectivity index (χ0n) is 9.86. The SMILES string of the molecule is CC(O)C(C)OC(CN)c1ccc(F)c(F)c1. The van der Waals surface area contributed by atoms with Gasteiger partial charge >= 0.3 is 0 Å². The molecular formula is C12H17F2NO2. The van der Waals surface area contributed by atoms with Crippen LogP contribution in [0.1, 0.15) is 25.5 Å². The van der Waals surface area contributed by atoms with Gasteiger partial charge in [0.2, 0.25) is 0 Å². The van der Waals surface area contributed by atoms with Crippen molar-refractivity contribution in [1.29, 1.82) is 0 Å². The Hall–Kier alpha value is -1.04. The molecule has 0 aromatic heterocycles. The smallest absolute Gasteiger partial charge is 0.159 e. The van der Waals surface area contributed by atoms with Gasteiger partial charge in [-0.15, -0.1) is 0 Å². The average molecular weight is 245 g/mol. The minimum atomic E-state index is -0.936. The predicted octanol–water partition coefficient (Wildman–Crippen LogP) is 1.75. The molecule has 0 bridgehead atoms. The Labute approximate surface area is 99.2 Å². The van der Waals surface area contributed by atoms with Gasteiger partial charge in [-0.2, -0.15) is 0 Å². The summed E-state index contributed by atoms with van der Waals surface area (Å²) in [5.41, 5.74) is 5.98. The molecule has 0 aliphatic rings. The van der Waals surface area contributed by atoms with E-state index in [1.807, 2.05) is 0 Å². The van der Waals surface area contributed by atoms with E-state index in [1.165, 1.54) is 6.07 Å². The molecule has 0 saturated carbocycles. The van der Waals surface area contributed by atoms with Gasteiger partial charge in [0.1, 0.15) is 0 Å². The van der Waals surface area contributed by atoms with Crippen molar-refractivity contribution in [3.8, 4) is 0 Å². The van der Waals surface area contributed by atoms with E-state index in [0.29, 0.717) is 5.56 Å². The number of ether oxygens (including phenoxy) is 1. The number of hydrogen-bond acceptors (Lipinski definition) is 3. The van der Waals surface area contributed by atoms with Gasteiger partial charge in [-0.3, -0.25) is 0 Å². The largest absolute Gasteiger partial charge is 0.391 e. The number of nitrogens with two attached hydrogens (primary N) is 1. The van der Waals surface area contributed by atoms with Crippen molar-refractivity contribution in [3.63, 3.8) is 0 Å². The molecule has 0 aliphatic carbocycles. The maximum absolute atomic E-state index is 13.1. The molecule has 0 aliphatic heterocycles. The highest BCUT2D eigenvalue weighted by atomic mass is 19.2. The summed E-state index contributed by atoms with van der Waals surface area (Å²) in [6, 6.07) is 3.51. The second kappa shape index (κ2) is 6.05. The maximum atomic E-state index is 13.1. The van der Waals surface area contributed by atoms with Crippen LogP contribution < -0.4 is 5.73 Å². The van der Waals surface area contributed by atoms with Crippen LogP contribution >= 0.6 is 0 Å². The lowest BCUT2D eigenvalue weighted by Gasteiger charge is -2.23. The van der Waals surface area contributed by atoms with Gasteiger partial charge in [0.25, 0.3) is 0 Å². The van der Waals surface area contributed by atoms with Gasteiger partial charge in [-0.1, -0.05) is 6.07 Å². The molecular weight excluding hydrogens is 228 g/mol. The van der Waals surface area contributed by atoms with E-state index in [2.05, 4.69) is 0 Å². The van der Waals surface area contributed by atoms with Crippen molar-refractivity contribution in [2.45, 2.75) is 32.2 Å². The molecule has 1 aromatic carbocycles. The van der Waals surface area contributed by atoms with Gasteiger partial charge in [0, 0.05) is 6.54 Å². The number of halogens is 2. The third-order valence-electron chi connectivity index (χ3n) is 2.59. The fourth-order valence-corrected chi connectivity index (χ4v) is 1.36. The highest BCUT2D eigenvalue weighted by molar-refractivity contribution is 5.20. The first-order chi connectivity index (χ1) is 7.95. The number of benzene rings is 1. The van der Waals surface area contributed by atoms with Crippen LogP contribution in [0.25, 0.3) is 0 Å². The molecule has 0 fully saturated rings. The first-order valence-electron chi connectivity index (χ1n) is 5.44. The van der Waals surface area contributed by atoms with Crippen LogP contribution in [0.2, 0.25) is 0 Å². The molecule has 3 N–H and O–H groups in total. The van der Waals surface area contributed by atoms with E-state index in [4.69, 9.17) is 10.5 Å². The highest BCUT2D eigenvalue weighted by Gasteiger charge is 2.18. The van der Waals surface area contributed by atoms with Gasteiger partial charge in [-0.25, -0.2) is 8.78 Å². The Kier molecular flexibility index (Phi) is 4.99. The van der Waals surface area contributed by atoms with Crippen LogP contribution in [0.15, 0.2) is 18.2 Å². The van der Waals surface area contributed by atoms with E-state index in [9.17, 15) is 13.9 Å². The lowest BCUT2D eigenvalue weighted by molar-refractivity contribution is -0.0592. The fraction of sp³-hybridized carbons (Fsp3) is 0.500. The first kappa shape index (κ1) is 14.0. The molecule has 0 amide bonds. The van der Waals surface area contributed by atoms with Gasteiger partial charge in [0.05, 0.1) is 18.3 Å². The molecule has 0 saturated heterocycles. The first-order valence-corrected chi connectivity index (χ1v) is 5.44. The Morgan fingerprint density at radius 1 is 1.29 bits per heavy atom. The minimum Gasteiger partial charge on any atom is -0.391 e. The van der Waals surface area contributed by atoms with Crippen LogP contribution in [0, 0.1) is 11.6 Å². The van der Waals surface area contributed by atoms with Crippen LogP contribution in [0.3, 0.4) is 0 Å². The maximum Gasteiger partial charge on any atom is 0.159 e. The zero-order valence-corrected chi connectivity index (χ0v) is 9.86. The molecule has 1 rings (SSSR count). The second-order valence-corrected chi connectivity index (χ2v) is 3.98. The predicted molar refractivity (Wildman–Crippen MR) is 60.4 cm³/mol. The Morgan fingerprint density at radius 3 is 2.41 bits per heavy atom. The Bertz CT molecular complexity index is 372. The van der Waals surface area contributed by atoms with E-state index < -0.39 is 29.9 Å². The summed E-state index contributed by atoms with van der Waals surface area (Å²) in [5, 5.41) is 9.31. The van der Waals surface area contributed by atoms with E-state index in [0.717, 1.165) is 12.1 Å². The number of aliphatic hydroxyl groups is 1. The third-order valence-corrected chi connectivity index (χ3v) is 2.59. The monoisotopic (exact) mass is 245 g/mol. The highest BCUT2D eigenvalue weighted by Crippen LogP contribution is 2.21. The third kappa shape index (κ3) is 3.73. The standard InChI is InChI=1S/C12H17F2NO2/c1-7(16)8(2)17-12(6-15)9-3-4-10(13)11(14)5-9/h3-5,7-8,12,16H,6,15H2,1-2H3. The molecule has 0 heterocycles. The van der Waals surface area contributed by atoms with Crippen molar-refractivity contribution in [2.75, 3.05) is 6.54 Å². The summed E-state index contributed by atoms with van der Waals surface area (Å²) in [5.74, 6) is -1.85. The van der Waals surface area contributed by atoms with E-state index in [-0.39, 0.29) is 6.54 Å². The average Bonchev–Trinajstić information content (AvgIpc) is 2.29. The minimum absolute atomic E-state index is 0.127. The summed E-state index contributed by atoms with van der Waals surface area (Å²) in [4.78, 5) is 0. The molecule has 5 heteroatoms.